The van der Waals surface area contributed by atoms with Crippen LogP contribution in [0.25, 0.3) is 16.8 Å². The number of non-ortho nitro benzene ring substituents is 1. The van der Waals surface area contributed by atoms with Crippen LogP contribution in [0.5, 0.6) is 0 Å². The largest absolute Gasteiger partial charge is 0.462 e. The number of anilines is 1. The summed E-state index contributed by atoms with van der Waals surface area (Å²) in [5, 5.41) is 25.7. The highest BCUT2D eigenvalue weighted by molar-refractivity contribution is 7.11. The second-order valence-electron chi connectivity index (χ2n) is 6.37. The Balaban J connectivity index is 1.73. The summed E-state index contributed by atoms with van der Waals surface area (Å²) < 4.78 is 5.09. The zero-order valence-electron chi connectivity index (χ0n) is 16.6. The van der Waals surface area contributed by atoms with Gasteiger partial charge in [-0.05, 0) is 30.7 Å². The number of allylic oxidation sites excluding steroid dienone is 1. The molecule has 0 saturated carbocycles. The summed E-state index contributed by atoms with van der Waals surface area (Å²) in [6.45, 7) is 2.30. The maximum atomic E-state index is 11.8. The number of carbonyl (C=O) groups excluding carboxylic acids is 1. The van der Waals surface area contributed by atoms with Gasteiger partial charge in [-0.25, -0.2) is 9.78 Å². The highest BCUT2D eigenvalue weighted by Crippen LogP contribution is 2.28. The standard InChI is InChI=1S/C22H18N4O4S/c1-2-10-30-22(27)15-6-8-18(9-7-15)24-13-17(12-23)21-25-20(14-31-21)16-4-3-5-19(11-16)26(28)29/h3-9,11,13-14,24H,2,10H2,1H3. The van der Waals surface area contributed by atoms with Gasteiger partial charge in [-0.1, -0.05) is 19.1 Å². The van der Waals surface area contributed by atoms with Crippen LogP contribution in [0.1, 0.15) is 28.7 Å². The lowest BCUT2D eigenvalue weighted by molar-refractivity contribution is -0.384. The highest BCUT2D eigenvalue weighted by Gasteiger charge is 2.12. The Kier molecular flexibility index (Phi) is 7.09. The van der Waals surface area contributed by atoms with Crippen LogP contribution in [0, 0.1) is 21.4 Å². The second kappa shape index (κ2) is 10.1. The number of nitrogens with one attached hydrogen (secondary N) is 1. The van der Waals surface area contributed by atoms with Gasteiger partial charge in [0.1, 0.15) is 16.6 Å². The molecule has 2 aromatic carbocycles. The molecule has 1 heterocycles. The van der Waals surface area contributed by atoms with E-state index in [9.17, 15) is 20.2 Å². The van der Waals surface area contributed by atoms with Crippen molar-refractivity contribution in [1.82, 2.24) is 4.98 Å². The summed E-state index contributed by atoms with van der Waals surface area (Å²) in [6.07, 6.45) is 2.28. The lowest BCUT2D eigenvalue weighted by Crippen LogP contribution is -2.05. The average molecular weight is 434 g/mol. The normalized spacial score (nSPS) is 10.9. The molecule has 0 radical (unpaired) electrons. The number of hydrogen-bond acceptors (Lipinski definition) is 8. The Morgan fingerprint density at radius 1 is 1.32 bits per heavy atom. The number of aromatic nitrogens is 1. The molecule has 3 aromatic rings. The lowest BCUT2D eigenvalue weighted by Gasteiger charge is -2.05. The Morgan fingerprint density at radius 3 is 2.77 bits per heavy atom. The number of ether oxygens (including phenoxy) is 1. The van der Waals surface area contributed by atoms with Gasteiger partial charge in [-0.15, -0.1) is 11.3 Å². The molecule has 0 bridgehead atoms. The molecule has 0 spiro atoms. The minimum atomic E-state index is -0.462. The van der Waals surface area contributed by atoms with Crippen LogP contribution in [0.2, 0.25) is 0 Å². The number of rotatable bonds is 8. The van der Waals surface area contributed by atoms with Crippen molar-refractivity contribution >= 4 is 34.3 Å². The van der Waals surface area contributed by atoms with E-state index in [4.69, 9.17) is 4.74 Å². The van der Waals surface area contributed by atoms with E-state index in [0.29, 0.717) is 39.7 Å². The predicted molar refractivity (Wildman–Crippen MR) is 118 cm³/mol. The number of hydrogen-bond donors (Lipinski definition) is 1. The summed E-state index contributed by atoms with van der Waals surface area (Å²) in [4.78, 5) is 26.8. The Morgan fingerprint density at radius 2 is 2.10 bits per heavy atom. The maximum absolute atomic E-state index is 11.8. The summed E-state index contributed by atoms with van der Waals surface area (Å²) in [6, 6.07) is 15.0. The molecule has 9 heteroatoms. The number of esters is 1. The first-order valence-corrected chi connectivity index (χ1v) is 10.2. The van der Waals surface area contributed by atoms with E-state index in [1.165, 1.54) is 29.7 Å². The second-order valence-corrected chi connectivity index (χ2v) is 7.23. The van der Waals surface area contributed by atoms with Crippen LogP contribution in [0.15, 0.2) is 60.1 Å². The maximum Gasteiger partial charge on any atom is 0.338 e. The fourth-order valence-corrected chi connectivity index (χ4v) is 3.38. The molecular formula is C22H18N4O4S. The van der Waals surface area contributed by atoms with Crippen LogP contribution < -0.4 is 5.32 Å². The Bertz CT molecular complexity index is 1160. The molecule has 0 unspecified atom stereocenters. The molecule has 0 aliphatic carbocycles. The minimum Gasteiger partial charge on any atom is -0.462 e. The van der Waals surface area contributed by atoms with Gasteiger partial charge in [-0.3, -0.25) is 10.1 Å². The van der Waals surface area contributed by atoms with Crippen molar-refractivity contribution in [3.63, 3.8) is 0 Å². The minimum absolute atomic E-state index is 0.0215. The topological polar surface area (TPSA) is 118 Å². The molecule has 0 fully saturated rings. The van der Waals surface area contributed by atoms with Crippen molar-refractivity contribution in [2.24, 2.45) is 0 Å². The van der Waals surface area contributed by atoms with E-state index in [1.54, 1.807) is 41.8 Å². The van der Waals surface area contributed by atoms with Gasteiger partial charge in [0.25, 0.3) is 5.69 Å². The van der Waals surface area contributed by atoms with Gasteiger partial charge in [-0.2, -0.15) is 5.26 Å². The average Bonchev–Trinajstić information content (AvgIpc) is 3.28. The van der Waals surface area contributed by atoms with Crippen LogP contribution in [-0.4, -0.2) is 22.5 Å². The third kappa shape index (κ3) is 5.52. The van der Waals surface area contributed by atoms with Crippen LogP contribution in [-0.2, 0) is 4.74 Å². The van der Waals surface area contributed by atoms with Gasteiger partial charge >= 0.3 is 5.97 Å². The molecule has 1 aromatic heterocycles. The molecule has 156 valence electrons. The van der Waals surface area contributed by atoms with Crippen molar-refractivity contribution in [1.29, 1.82) is 5.26 Å². The van der Waals surface area contributed by atoms with E-state index < -0.39 is 4.92 Å². The highest BCUT2D eigenvalue weighted by atomic mass is 32.1. The SMILES string of the molecule is CCCOC(=O)c1ccc(NC=C(C#N)c2nc(-c3cccc([N+](=O)[O-])c3)cs2)cc1. The van der Waals surface area contributed by atoms with Crippen LogP contribution in [0.3, 0.4) is 0 Å². The number of nitriles is 1. The quantitative estimate of drug-likeness (QED) is 0.222. The fraction of sp³-hybridized carbons (Fsp3) is 0.136. The first kappa shape index (κ1) is 21.7. The third-order valence-corrected chi connectivity index (χ3v) is 5.02. The lowest BCUT2D eigenvalue weighted by atomic mass is 10.1. The van der Waals surface area contributed by atoms with Crippen molar-refractivity contribution in [3.8, 4) is 17.3 Å². The summed E-state index contributed by atoms with van der Waals surface area (Å²) in [5.41, 5.74) is 2.59. The summed E-state index contributed by atoms with van der Waals surface area (Å²) in [5.74, 6) is -0.377. The molecule has 1 N–H and O–H groups in total. The molecule has 0 atom stereocenters. The molecule has 0 aliphatic heterocycles. The summed E-state index contributed by atoms with van der Waals surface area (Å²) >= 11 is 1.27. The van der Waals surface area contributed by atoms with Gasteiger partial charge in [0.2, 0.25) is 0 Å². The molecule has 3 rings (SSSR count). The van der Waals surface area contributed by atoms with Crippen molar-refractivity contribution in [2.75, 3.05) is 11.9 Å². The van der Waals surface area contributed by atoms with E-state index in [0.717, 1.165) is 6.42 Å². The van der Waals surface area contributed by atoms with Crippen LogP contribution in [0.4, 0.5) is 11.4 Å². The molecular weight excluding hydrogens is 416 g/mol. The van der Waals surface area contributed by atoms with Crippen molar-refractivity contribution in [2.45, 2.75) is 13.3 Å². The monoisotopic (exact) mass is 434 g/mol. The zero-order chi connectivity index (χ0) is 22.2. The fourth-order valence-electron chi connectivity index (χ4n) is 2.59. The van der Waals surface area contributed by atoms with Crippen LogP contribution >= 0.6 is 11.3 Å². The van der Waals surface area contributed by atoms with Gasteiger partial charge < -0.3 is 10.1 Å². The Labute approximate surface area is 182 Å². The molecule has 0 saturated heterocycles. The first-order valence-electron chi connectivity index (χ1n) is 9.36. The van der Waals surface area contributed by atoms with E-state index in [-0.39, 0.29) is 11.7 Å². The van der Waals surface area contributed by atoms with E-state index in [1.807, 2.05) is 6.92 Å². The predicted octanol–water partition coefficient (Wildman–Crippen LogP) is 5.26. The first-order chi connectivity index (χ1) is 15.0. The van der Waals surface area contributed by atoms with Gasteiger partial charge in [0.15, 0.2) is 0 Å². The number of carbonyl (C=O) groups is 1. The molecule has 31 heavy (non-hydrogen) atoms. The number of nitro benzene ring substituents is 1. The number of thiazole rings is 1. The zero-order valence-corrected chi connectivity index (χ0v) is 17.4. The number of nitrogens with zero attached hydrogens (tertiary/aromatic N) is 3. The van der Waals surface area contributed by atoms with Crippen molar-refractivity contribution in [3.05, 3.63) is 80.8 Å². The molecule has 0 aliphatic rings. The summed E-state index contributed by atoms with van der Waals surface area (Å²) in [7, 11) is 0. The smallest absolute Gasteiger partial charge is 0.338 e. The van der Waals surface area contributed by atoms with Gasteiger partial charge in [0, 0.05) is 35.0 Å². The number of nitro groups is 1. The van der Waals surface area contributed by atoms with Crippen molar-refractivity contribution < 1.29 is 14.5 Å². The number of benzene rings is 2. The third-order valence-electron chi connectivity index (χ3n) is 4.15. The molecule has 0 amide bonds. The van der Waals surface area contributed by atoms with E-state index in [2.05, 4.69) is 16.4 Å². The van der Waals surface area contributed by atoms with Gasteiger partial charge in [0.05, 0.1) is 22.8 Å². The van der Waals surface area contributed by atoms with E-state index >= 15 is 0 Å². The molecule has 8 nitrogen and oxygen atoms in total. The Hall–Kier alpha value is -4.03.